The van der Waals surface area contributed by atoms with E-state index in [0.717, 1.165) is 31.4 Å². The number of ether oxygens (including phenoxy) is 2. The van der Waals surface area contributed by atoms with E-state index in [-0.39, 0.29) is 12.2 Å². The molecule has 0 radical (unpaired) electrons. The second-order valence-corrected chi connectivity index (χ2v) is 3.75. The molecule has 114 valence electrons. The molecular weight excluding hydrogens is 286 g/mol. The van der Waals surface area contributed by atoms with E-state index in [1.54, 1.807) is 6.92 Å². The number of nitrogens with zero attached hydrogens (tertiary/aromatic N) is 2. The zero-order valence-electron chi connectivity index (χ0n) is 11.7. The highest BCUT2D eigenvalue weighted by Crippen LogP contribution is 2.18. The van der Waals surface area contributed by atoms with Crippen LogP contribution in [0.2, 0.25) is 0 Å². The zero-order chi connectivity index (χ0) is 16.0. The summed E-state index contributed by atoms with van der Waals surface area (Å²) in [5.74, 6) is -4.08. The number of hydrogen-bond acceptors (Lipinski definition) is 6. The Balaban J connectivity index is 3.22. The van der Waals surface area contributed by atoms with Crippen molar-refractivity contribution in [2.24, 2.45) is 5.10 Å². The van der Waals surface area contributed by atoms with Gasteiger partial charge in [0.05, 0.1) is 19.9 Å². The molecule has 0 saturated carbocycles. The minimum absolute atomic E-state index is 0.168. The minimum Gasteiger partial charge on any atom is -0.464 e. The lowest BCUT2D eigenvalue weighted by molar-refractivity contribution is -0.138. The highest BCUT2D eigenvalue weighted by molar-refractivity contribution is 6.62. The summed E-state index contributed by atoms with van der Waals surface area (Å²) >= 11 is 0. The van der Waals surface area contributed by atoms with Crippen LogP contribution in [0.4, 0.5) is 14.5 Å². The standard InChI is InChI=1S/C13H14F2N2O4/c1-4-17(8-5-6-9(14)10(15)7-8)16-11(12(18)20-2)13(19)21-3/h5-7H,4H2,1-3H3. The summed E-state index contributed by atoms with van der Waals surface area (Å²) < 4.78 is 35.0. The monoisotopic (exact) mass is 300 g/mol. The lowest BCUT2D eigenvalue weighted by Crippen LogP contribution is -2.31. The Morgan fingerprint density at radius 2 is 1.71 bits per heavy atom. The fourth-order valence-corrected chi connectivity index (χ4v) is 1.44. The maximum absolute atomic E-state index is 13.2. The van der Waals surface area contributed by atoms with Crippen molar-refractivity contribution in [1.82, 2.24) is 0 Å². The Morgan fingerprint density at radius 3 is 2.14 bits per heavy atom. The predicted molar refractivity (Wildman–Crippen MR) is 70.8 cm³/mol. The predicted octanol–water partition coefficient (Wildman–Crippen LogP) is 1.49. The van der Waals surface area contributed by atoms with Crippen molar-refractivity contribution in [2.45, 2.75) is 6.92 Å². The van der Waals surface area contributed by atoms with Crippen molar-refractivity contribution in [3.8, 4) is 0 Å². The zero-order valence-corrected chi connectivity index (χ0v) is 11.7. The van der Waals surface area contributed by atoms with Gasteiger partial charge >= 0.3 is 11.9 Å². The third-order valence-electron chi connectivity index (χ3n) is 2.48. The van der Waals surface area contributed by atoms with Crippen molar-refractivity contribution < 1.29 is 27.8 Å². The molecule has 0 saturated heterocycles. The first-order chi connectivity index (χ1) is 9.94. The molecule has 0 aliphatic rings. The number of rotatable bonds is 5. The highest BCUT2D eigenvalue weighted by atomic mass is 19.2. The van der Waals surface area contributed by atoms with Gasteiger partial charge in [0.1, 0.15) is 0 Å². The Kier molecular flexibility index (Phi) is 5.77. The molecule has 0 aromatic heterocycles. The minimum atomic E-state index is -1.07. The number of halogens is 2. The van der Waals surface area contributed by atoms with Crippen LogP contribution in [0.1, 0.15) is 6.92 Å². The van der Waals surface area contributed by atoms with Crippen LogP contribution in [0.3, 0.4) is 0 Å². The molecule has 6 nitrogen and oxygen atoms in total. The number of carbonyl (C=O) groups excluding carboxylic acids is 2. The quantitative estimate of drug-likeness (QED) is 0.357. The molecule has 0 spiro atoms. The van der Waals surface area contributed by atoms with Crippen molar-refractivity contribution in [3.63, 3.8) is 0 Å². The number of hydrazone groups is 1. The van der Waals surface area contributed by atoms with Gasteiger partial charge in [-0.3, -0.25) is 5.01 Å². The van der Waals surface area contributed by atoms with Crippen LogP contribution < -0.4 is 5.01 Å². The first-order valence-electron chi connectivity index (χ1n) is 5.92. The van der Waals surface area contributed by atoms with Crippen molar-refractivity contribution in [2.75, 3.05) is 25.8 Å². The van der Waals surface area contributed by atoms with Crippen molar-refractivity contribution in [1.29, 1.82) is 0 Å². The van der Waals surface area contributed by atoms with Crippen LogP contribution in [0.5, 0.6) is 0 Å². The van der Waals surface area contributed by atoms with Gasteiger partial charge in [-0.15, -0.1) is 0 Å². The van der Waals surface area contributed by atoms with Crippen molar-refractivity contribution in [3.05, 3.63) is 29.8 Å². The molecule has 8 heteroatoms. The fraction of sp³-hybridized carbons (Fsp3) is 0.308. The number of esters is 2. The van der Waals surface area contributed by atoms with Gasteiger partial charge in [0.15, 0.2) is 11.6 Å². The number of hydrogen-bond donors (Lipinski definition) is 0. The van der Waals surface area contributed by atoms with Crippen LogP contribution >= 0.6 is 0 Å². The molecule has 21 heavy (non-hydrogen) atoms. The van der Waals surface area contributed by atoms with E-state index >= 15 is 0 Å². The van der Waals surface area contributed by atoms with Crippen molar-refractivity contribution >= 4 is 23.3 Å². The third kappa shape index (κ3) is 3.98. The molecule has 0 amide bonds. The number of carbonyl (C=O) groups is 2. The Bertz CT molecular complexity index is 557. The van der Waals surface area contributed by atoms with E-state index in [9.17, 15) is 18.4 Å². The molecule has 0 aliphatic heterocycles. The molecule has 0 N–H and O–H groups in total. The van der Waals surface area contributed by atoms with Gasteiger partial charge in [0.2, 0.25) is 0 Å². The molecular formula is C13H14F2N2O4. The van der Waals surface area contributed by atoms with Crippen LogP contribution in [-0.2, 0) is 19.1 Å². The first-order valence-corrected chi connectivity index (χ1v) is 5.92. The second-order valence-electron chi connectivity index (χ2n) is 3.75. The second kappa shape index (κ2) is 7.32. The maximum Gasteiger partial charge on any atom is 0.366 e. The lowest BCUT2D eigenvalue weighted by atomic mass is 10.3. The average molecular weight is 300 g/mol. The maximum atomic E-state index is 13.2. The smallest absolute Gasteiger partial charge is 0.366 e. The Labute approximate surface area is 119 Å². The van der Waals surface area contributed by atoms with Gasteiger partial charge in [0.25, 0.3) is 5.71 Å². The molecule has 0 aliphatic carbocycles. The Morgan fingerprint density at radius 1 is 1.14 bits per heavy atom. The summed E-state index contributed by atoms with van der Waals surface area (Å²) in [6, 6.07) is 3.07. The molecule has 0 heterocycles. The topological polar surface area (TPSA) is 68.2 Å². The van der Waals surface area contributed by atoms with E-state index in [1.807, 2.05) is 0 Å². The van der Waals surface area contributed by atoms with Crippen LogP contribution in [-0.4, -0.2) is 38.4 Å². The van der Waals surface area contributed by atoms with Crippen LogP contribution in [0.15, 0.2) is 23.3 Å². The van der Waals surface area contributed by atoms with E-state index in [2.05, 4.69) is 14.6 Å². The number of methoxy groups -OCH3 is 2. The summed E-state index contributed by atoms with van der Waals surface area (Å²) in [5.41, 5.74) is -0.437. The SMILES string of the molecule is CCN(N=C(C(=O)OC)C(=O)OC)c1ccc(F)c(F)c1. The van der Waals surface area contributed by atoms with E-state index in [4.69, 9.17) is 0 Å². The average Bonchev–Trinajstić information content (AvgIpc) is 2.50. The summed E-state index contributed by atoms with van der Waals surface area (Å²) in [7, 11) is 2.16. The van der Waals surface area contributed by atoms with Gasteiger partial charge in [-0.05, 0) is 19.1 Å². The van der Waals surface area contributed by atoms with E-state index in [1.165, 1.54) is 6.07 Å². The lowest BCUT2D eigenvalue weighted by Gasteiger charge is -2.18. The molecule has 0 bridgehead atoms. The molecule has 0 unspecified atom stereocenters. The first kappa shape index (κ1) is 16.5. The Hall–Kier alpha value is -2.51. The van der Waals surface area contributed by atoms with Gasteiger partial charge in [-0.1, -0.05) is 0 Å². The molecule has 1 aromatic rings. The molecule has 0 fully saturated rings. The number of benzene rings is 1. The summed E-state index contributed by atoms with van der Waals surface area (Å²) in [6.45, 7) is 1.85. The van der Waals surface area contributed by atoms with Gasteiger partial charge in [0, 0.05) is 12.6 Å². The highest BCUT2D eigenvalue weighted by Gasteiger charge is 2.24. The molecule has 1 rings (SSSR count). The van der Waals surface area contributed by atoms with E-state index < -0.39 is 29.3 Å². The van der Waals surface area contributed by atoms with Crippen LogP contribution in [0, 0.1) is 11.6 Å². The summed E-state index contributed by atoms with van der Waals surface area (Å²) in [4.78, 5) is 23.0. The normalized spacial score (nSPS) is 9.76. The largest absolute Gasteiger partial charge is 0.464 e. The number of anilines is 1. The van der Waals surface area contributed by atoms with Gasteiger partial charge in [-0.2, -0.15) is 5.10 Å². The van der Waals surface area contributed by atoms with Gasteiger partial charge in [-0.25, -0.2) is 18.4 Å². The summed E-state index contributed by atoms with van der Waals surface area (Å²) in [5, 5.41) is 4.93. The fourth-order valence-electron chi connectivity index (χ4n) is 1.44. The van der Waals surface area contributed by atoms with Gasteiger partial charge < -0.3 is 9.47 Å². The molecule has 0 atom stereocenters. The third-order valence-corrected chi connectivity index (χ3v) is 2.48. The van der Waals surface area contributed by atoms with Crippen LogP contribution in [0.25, 0.3) is 0 Å². The summed E-state index contributed by atoms with van der Waals surface area (Å²) in [6.07, 6.45) is 0. The van der Waals surface area contributed by atoms with E-state index in [0.29, 0.717) is 0 Å². The molecule has 1 aromatic carbocycles.